The van der Waals surface area contributed by atoms with E-state index < -0.39 is 16.6 Å². The number of fused-ring (bicyclic) bond motifs is 1. The molecule has 1 aliphatic heterocycles. The standard InChI is InChI=1S/C9H7.C6H7.C2H4.2ClH.Ti/c1-2-5-9-7-3-6-8(9)4-1;1-6-4-2-3-5-6;1-2;;;/h1-7H;2,4H,3H2,1H3;1-2H2;2*1H;/q;;;;;+2/p-2. The van der Waals surface area contributed by atoms with Gasteiger partial charge in [-0.1, -0.05) is 0 Å². The van der Waals surface area contributed by atoms with Gasteiger partial charge in [0.15, 0.2) is 0 Å². The van der Waals surface area contributed by atoms with Gasteiger partial charge in [0.1, 0.15) is 0 Å². The van der Waals surface area contributed by atoms with Gasteiger partial charge in [-0.05, 0) is 0 Å². The van der Waals surface area contributed by atoms with Crippen LogP contribution in [0.25, 0.3) is 6.08 Å². The fourth-order valence-corrected chi connectivity index (χ4v) is 12.8. The van der Waals surface area contributed by atoms with E-state index in [0.29, 0.717) is 0 Å². The summed E-state index contributed by atoms with van der Waals surface area (Å²) in [6.45, 7) is 2.33. The van der Waals surface area contributed by atoms with Crippen LogP contribution in [-0.2, 0) is 16.6 Å². The van der Waals surface area contributed by atoms with Gasteiger partial charge in [-0.15, -0.1) is 0 Å². The summed E-state index contributed by atoms with van der Waals surface area (Å²) in [5.41, 5.74) is 4.70. The van der Waals surface area contributed by atoms with E-state index in [4.69, 9.17) is 0 Å². The summed E-state index contributed by atoms with van der Waals surface area (Å²) in [4.78, 5) is 0. The number of allylic oxidation sites excluding steroid dienone is 5. The van der Waals surface area contributed by atoms with Crippen molar-refractivity contribution in [2.75, 3.05) is 0 Å². The van der Waals surface area contributed by atoms with Crippen LogP contribution in [0.2, 0.25) is 9.45 Å². The fraction of sp³-hybridized carbons (Fsp3) is 0.294. The number of rotatable bonds is 2. The Morgan fingerprint density at radius 3 is 2.45 bits per heavy atom. The third-order valence-electron chi connectivity index (χ3n) is 4.95. The summed E-state index contributed by atoms with van der Waals surface area (Å²) in [6, 6.07) is 9.02. The molecule has 0 N–H and O–H groups in total. The topological polar surface area (TPSA) is 0 Å². The average molecular weight is 341 g/mol. The minimum Gasteiger partial charge on any atom is -1.00 e. The normalized spacial score (nSPS) is 22.6. The monoisotopic (exact) mass is 340 g/mol. The molecular weight excluding hydrogens is 323 g/mol. The molecular formula is C17H18Cl2Ti. The van der Waals surface area contributed by atoms with Crippen LogP contribution in [-0.4, -0.2) is 0 Å². The van der Waals surface area contributed by atoms with E-state index >= 15 is 0 Å². The minimum atomic E-state index is -1.74. The van der Waals surface area contributed by atoms with E-state index in [0.717, 1.165) is 4.22 Å². The maximum Gasteiger partial charge on any atom is -1.00 e. The second-order valence-electron chi connectivity index (χ2n) is 5.89. The first-order valence-electron chi connectivity index (χ1n) is 6.95. The van der Waals surface area contributed by atoms with Crippen LogP contribution in [0.15, 0.2) is 51.9 Å². The molecule has 0 amide bonds. The van der Waals surface area contributed by atoms with Gasteiger partial charge in [0, 0.05) is 0 Å². The molecule has 0 radical (unpaired) electrons. The van der Waals surface area contributed by atoms with Gasteiger partial charge in [-0.25, -0.2) is 0 Å². The molecule has 104 valence electrons. The zero-order valence-electron chi connectivity index (χ0n) is 11.6. The smallest absolute Gasteiger partial charge is 1.00 e. The molecule has 4 rings (SSSR count). The van der Waals surface area contributed by atoms with Gasteiger partial charge >= 0.3 is 113 Å². The molecule has 20 heavy (non-hydrogen) atoms. The molecule has 1 aromatic carbocycles. The Hall–Kier alpha value is -0.266. The number of hydrogen-bond acceptors (Lipinski definition) is 0. The molecule has 1 aromatic rings. The number of halogens is 2. The zero-order chi connectivity index (χ0) is 12.2. The maximum absolute atomic E-state index is 2.52. The SMILES string of the molecule is CC1=[C]([Ti+2]2([CH]3C=Cc4ccccc43)[CH2][CH2]2)CC=C1.[Cl-].[Cl-]. The third-order valence-corrected chi connectivity index (χ3v) is 12.9. The Labute approximate surface area is 137 Å². The van der Waals surface area contributed by atoms with E-state index in [-0.39, 0.29) is 24.8 Å². The summed E-state index contributed by atoms with van der Waals surface area (Å²) in [6.07, 6.45) is 10.9. The van der Waals surface area contributed by atoms with Gasteiger partial charge in [0.25, 0.3) is 0 Å². The molecule has 0 saturated carbocycles. The Bertz CT molecular complexity index is 609. The van der Waals surface area contributed by atoms with Crippen molar-refractivity contribution in [1.29, 1.82) is 0 Å². The Morgan fingerprint density at radius 2 is 1.80 bits per heavy atom. The Morgan fingerprint density at radius 1 is 1.05 bits per heavy atom. The van der Waals surface area contributed by atoms with Crippen molar-refractivity contribution in [3.63, 3.8) is 0 Å². The van der Waals surface area contributed by atoms with Crippen LogP contribution in [0.4, 0.5) is 0 Å². The summed E-state index contributed by atoms with van der Waals surface area (Å²) in [5, 5.41) is 0. The van der Waals surface area contributed by atoms with Crippen LogP contribution < -0.4 is 24.8 Å². The quantitative estimate of drug-likeness (QED) is 0.606. The van der Waals surface area contributed by atoms with Crippen molar-refractivity contribution in [2.45, 2.75) is 27.0 Å². The molecule has 1 fully saturated rings. The van der Waals surface area contributed by atoms with Crippen molar-refractivity contribution in [2.24, 2.45) is 0 Å². The Balaban J connectivity index is 0.000000735. The van der Waals surface area contributed by atoms with Crippen LogP contribution in [0.1, 0.15) is 28.7 Å². The molecule has 3 aliphatic rings. The van der Waals surface area contributed by atoms with Crippen molar-refractivity contribution in [1.82, 2.24) is 0 Å². The van der Waals surface area contributed by atoms with E-state index in [1.165, 1.54) is 12.0 Å². The molecule has 0 spiro atoms. The van der Waals surface area contributed by atoms with Crippen LogP contribution in [0.5, 0.6) is 0 Å². The van der Waals surface area contributed by atoms with Crippen LogP contribution >= 0.6 is 0 Å². The van der Waals surface area contributed by atoms with E-state index in [9.17, 15) is 0 Å². The maximum atomic E-state index is 2.52. The first-order valence-corrected chi connectivity index (χ1v) is 10.8. The van der Waals surface area contributed by atoms with Gasteiger partial charge < -0.3 is 24.8 Å². The predicted octanol–water partition coefficient (Wildman–Crippen LogP) is -0.999. The van der Waals surface area contributed by atoms with Gasteiger partial charge in [-0.2, -0.15) is 0 Å². The van der Waals surface area contributed by atoms with Gasteiger partial charge in [0.2, 0.25) is 0 Å². The molecule has 0 bridgehead atoms. The van der Waals surface area contributed by atoms with Crippen LogP contribution in [0.3, 0.4) is 0 Å². The molecule has 0 aromatic heterocycles. The third kappa shape index (κ3) is 2.27. The predicted molar refractivity (Wildman–Crippen MR) is 74.3 cm³/mol. The molecule has 1 heterocycles. The average Bonchev–Trinajstić information content (AvgIpc) is 2.87. The molecule has 3 heteroatoms. The number of benzene rings is 1. The molecule has 1 atom stereocenters. The second-order valence-corrected chi connectivity index (χ2v) is 13.0. The van der Waals surface area contributed by atoms with Crippen molar-refractivity contribution >= 4 is 6.08 Å². The molecule has 1 saturated heterocycles. The van der Waals surface area contributed by atoms with Crippen molar-refractivity contribution < 1.29 is 41.4 Å². The van der Waals surface area contributed by atoms with Gasteiger partial charge in [-0.3, -0.25) is 0 Å². The zero-order valence-corrected chi connectivity index (χ0v) is 14.6. The van der Waals surface area contributed by atoms with Gasteiger partial charge in [0.05, 0.1) is 0 Å². The van der Waals surface area contributed by atoms with Crippen molar-refractivity contribution in [3.05, 3.63) is 63.1 Å². The molecule has 0 nitrogen and oxygen atoms in total. The van der Waals surface area contributed by atoms with Crippen LogP contribution in [0, 0.1) is 0 Å². The second kappa shape index (κ2) is 5.85. The summed E-state index contributed by atoms with van der Waals surface area (Å²) < 4.78 is 5.81. The summed E-state index contributed by atoms with van der Waals surface area (Å²) >= 11 is -1.74. The largest absolute Gasteiger partial charge is 1.00 e. The summed E-state index contributed by atoms with van der Waals surface area (Å²) in [5.74, 6) is 0. The Kier molecular flexibility index (Phi) is 4.71. The first kappa shape index (κ1) is 16.1. The minimum absolute atomic E-state index is 0. The van der Waals surface area contributed by atoms with E-state index in [1.54, 1.807) is 20.6 Å². The first-order chi connectivity index (χ1) is 8.81. The molecule has 2 aliphatic carbocycles. The van der Waals surface area contributed by atoms with E-state index in [2.05, 4.69) is 55.5 Å². The summed E-state index contributed by atoms with van der Waals surface area (Å²) in [7, 11) is 0. The van der Waals surface area contributed by atoms with Crippen molar-refractivity contribution in [3.8, 4) is 0 Å². The molecule has 1 unspecified atom stereocenters. The fourth-order valence-electron chi connectivity index (χ4n) is 3.88. The number of hydrogen-bond donors (Lipinski definition) is 0. The van der Waals surface area contributed by atoms with E-state index in [1.807, 2.05) is 3.88 Å².